The molecule has 0 atom stereocenters. The summed E-state index contributed by atoms with van der Waals surface area (Å²) in [6.45, 7) is 7.51. The fourth-order valence-electron chi connectivity index (χ4n) is 0.411. The van der Waals surface area contributed by atoms with Crippen LogP contribution in [0.1, 0.15) is 20.3 Å². The first-order valence-electron chi connectivity index (χ1n) is 4.79. The second-order valence-electron chi connectivity index (χ2n) is 3.15. The number of carbonyl (C=O) groups is 2. The molecule has 0 radical (unpaired) electrons. The maximum atomic E-state index is 11.3. The summed E-state index contributed by atoms with van der Waals surface area (Å²) in [5, 5.41) is 7.38. The van der Waals surface area contributed by atoms with Crippen molar-refractivity contribution in [2.45, 2.75) is 32.6 Å². The molecule has 0 aromatic carbocycles. The van der Waals surface area contributed by atoms with Gasteiger partial charge in [-0.1, -0.05) is 13.5 Å². The molecule has 18 heavy (non-hydrogen) atoms. The smallest absolute Gasteiger partial charge is 0.401 e. The summed E-state index contributed by atoms with van der Waals surface area (Å²) in [7, 11) is 0. The minimum absolute atomic E-state index is 0.295. The van der Waals surface area contributed by atoms with Crippen LogP contribution in [0.2, 0.25) is 0 Å². The number of alkyl halides is 4. The monoisotopic (exact) mass is 274 g/mol. The fourth-order valence-corrected chi connectivity index (χ4v) is 0.411. The normalized spacial score (nSPS) is 10.4. The zero-order valence-electron chi connectivity index (χ0n) is 9.88. The van der Waals surface area contributed by atoms with Crippen LogP contribution in [0.25, 0.3) is 0 Å². The minimum Gasteiger partial charge on any atom is -0.477 e. The third kappa shape index (κ3) is 7.64. The van der Waals surface area contributed by atoms with E-state index in [1.165, 1.54) is 0 Å². The van der Waals surface area contributed by atoms with Gasteiger partial charge in [-0.2, -0.15) is 8.78 Å². The Morgan fingerprint density at radius 2 is 1.83 bits per heavy atom. The maximum absolute atomic E-state index is 11.3. The van der Waals surface area contributed by atoms with Crippen LogP contribution in [0.3, 0.4) is 0 Å². The molecule has 8 heteroatoms. The number of carbonyl (C=O) groups excluding carboxylic acids is 1. The Labute approximate surface area is 101 Å². The molecule has 0 aliphatic heterocycles. The summed E-state index contributed by atoms with van der Waals surface area (Å²) in [6.07, 6.45) is -3.28. The highest BCUT2D eigenvalue weighted by molar-refractivity contribution is 5.86. The molecule has 0 aliphatic carbocycles. The molecule has 1 N–H and O–H groups in total. The minimum atomic E-state index is -4.92. The van der Waals surface area contributed by atoms with E-state index in [2.05, 4.69) is 6.58 Å². The Balaban J connectivity index is 0. The van der Waals surface area contributed by atoms with E-state index in [0.29, 0.717) is 12.2 Å². The average molecular weight is 274 g/mol. The molecule has 0 unspecified atom stereocenters. The zero-order valence-corrected chi connectivity index (χ0v) is 9.88. The molecular formula is C10H14F4O4. The SMILES string of the molecule is C=C(C)C(=O)OCCC.O=C(O)C(F)(F)C(F)F. The van der Waals surface area contributed by atoms with Gasteiger partial charge in [0.05, 0.1) is 6.61 Å². The second-order valence-corrected chi connectivity index (χ2v) is 3.15. The Bertz CT molecular complexity index is 302. The van der Waals surface area contributed by atoms with Gasteiger partial charge in [0.25, 0.3) is 0 Å². The summed E-state index contributed by atoms with van der Waals surface area (Å²) in [4.78, 5) is 19.8. The Morgan fingerprint density at radius 1 is 1.39 bits per heavy atom. The van der Waals surface area contributed by atoms with Gasteiger partial charge >= 0.3 is 24.3 Å². The van der Waals surface area contributed by atoms with Crippen LogP contribution < -0.4 is 0 Å². The number of esters is 1. The molecule has 0 amide bonds. The topological polar surface area (TPSA) is 63.6 Å². The van der Waals surface area contributed by atoms with Gasteiger partial charge in [-0.25, -0.2) is 18.4 Å². The molecule has 0 rings (SSSR count). The molecule has 4 nitrogen and oxygen atoms in total. The molecule has 106 valence electrons. The number of carboxylic acid groups (broad SMARTS) is 1. The predicted molar refractivity (Wildman–Crippen MR) is 54.7 cm³/mol. The highest BCUT2D eigenvalue weighted by atomic mass is 19.3. The summed E-state index contributed by atoms with van der Waals surface area (Å²) in [5.74, 6) is -8.02. The summed E-state index contributed by atoms with van der Waals surface area (Å²) >= 11 is 0. The average Bonchev–Trinajstić information content (AvgIpc) is 2.25. The second kappa shape index (κ2) is 8.48. The van der Waals surface area contributed by atoms with Gasteiger partial charge < -0.3 is 9.84 Å². The number of aliphatic carboxylic acids is 1. The van der Waals surface area contributed by atoms with Gasteiger partial charge in [-0.05, 0) is 13.3 Å². The number of halogens is 4. The van der Waals surface area contributed by atoms with E-state index < -0.39 is 18.3 Å². The van der Waals surface area contributed by atoms with Crippen LogP contribution in [0, 0.1) is 0 Å². The van der Waals surface area contributed by atoms with Crippen molar-refractivity contribution in [3.63, 3.8) is 0 Å². The first-order valence-corrected chi connectivity index (χ1v) is 4.79. The van der Waals surface area contributed by atoms with Crippen molar-refractivity contribution in [3.8, 4) is 0 Å². The lowest BCUT2D eigenvalue weighted by atomic mass is 10.4. The lowest BCUT2D eigenvalue weighted by molar-refractivity contribution is -0.187. The largest absolute Gasteiger partial charge is 0.477 e. The van der Waals surface area contributed by atoms with E-state index in [9.17, 15) is 27.2 Å². The van der Waals surface area contributed by atoms with E-state index >= 15 is 0 Å². The molecule has 0 bridgehead atoms. The van der Waals surface area contributed by atoms with Crippen LogP contribution in [-0.4, -0.2) is 36.0 Å². The number of hydrogen-bond acceptors (Lipinski definition) is 3. The quantitative estimate of drug-likeness (QED) is 0.475. The van der Waals surface area contributed by atoms with Crippen molar-refractivity contribution in [3.05, 3.63) is 12.2 Å². The van der Waals surface area contributed by atoms with E-state index in [-0.39, 0.29) is 5.97 Å². The van der Waals surface area contributed by atoms with E-state index in [1.807, 2.05) is 6.92 Å². The Hall–Kier alpha value is -1.60. The van der Waals surface area contributed by atoms with Gasteiger partial charge in [-0.3, -0.25) is 0 Å². The molecule has 0 aromatic rings. The molecule has 0 heterocycles. The number of rotatable bonds is 5. The molecule has 0 saturated carbocycles. The van der Waals surface area contributed by atoms with E-state index in [4.69, 9.17) is 9.84 Å². The standard InChI is InChI=1S/C7H12O2.C3H2F4O2/c1-4-5-9-7(8)6(2)3;4-1(5)3(6,7)2(8)9/h2,4-5H2,1,3H3;1H,(H,8,9). The third-order valence-corrected chi connectivity index (χ3v) is 1.34. The Kier molecular flexibility index (Phi) is 8.84. The molecule has 0 spiro atoms. The lowest BCUT2D eigenvalue weighted by Gasteiger charge is -2.07. The van der Waals surface area contributed by atoms with Crippen LogP contribution in [-0.2, 0) is 14.3 Å². The Morgan fingerprint density at radius 3 is 2.00 bits per heavy atom. The third-order valence-electron chi connectivity index (χ3n) is 1.34. The predicted octanol–water partition coefficient (Wildman–Crippen LogP) is 2.49. The van der Waals surface area contributed by atoms with Crippen molar-refractivity contribution in [2.24, 2.45) is 0 Å². The molecule has 0 saturated heterocycles. The summed E-state index contributed by atoms with van der Waals surface area (Å²) < 4.78 is 49.2. The number of carboxylic acids is 1. The number of ether oxygens (including phenoxy) is 1. The first kappa shape index (κ1) is 18.8. The number of hydrogen-bond donors (Lipinski definition) is 1. The van der Waals surface area contributed by atoms with Crippen molar-refractivity contribution >= 4 is 11.9 Å². The van der Waals surface area contributed by atoms with E-state index in [1.54, 1.807) is 6.92 Å². The van der Waals surface area contributed by atoms with E-state index in [0.717, 1.165) is 6.42 Å². The van der Waals surface area contributed by atoms with Gasteiger partial charge in [0, 0.05) is 5.57 Å². The molecular weight excluding hydrogens is 260 g/mol. The molecule has 0 aromatic heterocycles. The lowest BCUT2D eigenvalue weighted by Crippen LogP contribution is -2.35. The van der Waals surface area contributed by atoms with Crippen LogP contribution in [0.15, 0.2) is 12.2 Å². The van der Waals surface area contributed by atoms with Gasteiger partial charge in [0.15, 0.2) is 0 Å². The highest BCUT2D eigenvalue weighted by Crippen LogP contribution is 2.22. The van der Waals surface area contributed by atoms with Crippen molar-refractivity contribution in [1.29, 1.82) is 0 Å². The fraction of sp³-hybridized carbons (Fsp3) is 0.600. The van der Waals surface area contributed by atoms with Crippen LogP contribution >= 0.6 is 0 Å². The summed E-state index contributed by atoms with van der Waals surface area (Å²) in [6, 6.07) is 0. The molecule has 0 fully saturated rings. The molecule has 0 aliphatic rings. The summed E-state index contributed by atoms with van der Waals surface area (Å²) in [5.41, 5.74) is 0.462. The zero-order chi connectivity index (χ0) is 14.9. The van der Waals surface area contributed by atoms with Crippen LogP contribution in [0.4, 0.5) is 17.6 Å². The van der Waals surface area contributed by atoms with Crippen molar-refractivity contribution in [1.82, 2.24) is 0 Å². The first-order chi connectivity index (χ1) is 8.07. The van der Waals surface area contributed by atoms with Crippen LogP contribution in [0.5, 0.6) is 0 Å². The van der Waals surface area contributed by atoms with Gasteiger partial charge in [0.2, 0.25) is 0 Å². The maximum Gasteiger partial charge on any atom is 0.401 e. The van der Waals surface area contributed by atoms with Crippen molar-refractivity contribution < 1.29 is 37.0 Å². The van der Waals surface area contributed by atoms with Gasteiger partial charge in [-0.15, -0.1) is 0 Å². The van der Waals surface area contributed by atoms with Crippen molar-refractivity contribution in [2.75, 3.05) is 6.61 Å². The van der Waals surface area contributed by atoms with Gasteiger partial charge in [0.1, 0.15) is 0 Å². The highest BCUT2D eigenvalue weighted by Gasteiger charge is 2.49.